The third kappa shape index (κ3) is 5.59. The van der Waals surface area contributed by atoms with Gasteiger partial charge in [-0.25, -0.2) is 9.37 Å². The van der Waals surface area contributed by atoms with E-state index in [2.05, 4.69) is 10.3 Å². The van der Waals surface area contributed by atoms with Gasteiger partial charge in [0.25, 0.3) is 5.56 Å². The Morgan fingerprint density at radius 1 is 1.03 bits per heavy atom. The van der Waals surface area contributed by atoms with E-state index in [9.17, 15) is 14.0 Å². The molecule has 1 aromatic heterocycles. The highest BCUT2D eigenvalue weighted by atomic mass is 32.2. The summed E-state index contributed by atoms with van der Waals surface area (Å²) < 4.78 is 19.8. The number of benzene rings is 3. The van der Waals surface area contributed by atoms with E-state index in [1.807, 2.05) is 30.3 Å². The monoisotopic (exact) mass is 463 g/mol. The highest BCUT2D eigenvalue weighted by Crippen LogP contribution is 2.20. The van der Waals surface area contributed by atoms with E-state index >= 15 is 0 Å². The summed E-state index contributed by atoms with van der Waals surface area (Å²) in [6, 6.07) is 20.6. The SMILES string of the molecule is COc1ccc(Cn2c(SCC(=O)NCc3ccc(F)cc3)nc3ccccc3c2=O)cc1. The molecule has 0 saturated carbocycles. The summed E-state index contributed by atoms with van der Waals surface area (Å²) in [5.74, 6) is 0.296. The Labute approximate surface area is 194 Å². The molecule has 4 rings (SSSR count). The summed E-state index contributed by atoms with van der Waals surface area (Å²) in [6.07, 6.45) is 0. The van der Waals surface area contributed by atoms with Crippen LogP contribution in [0.1, 0.15) is 11.1 Å². The maximum absolute atomic E-state index is 13.2. The second kappa shape index (κ2) is 10.3. The van der Waals surface area contributed by atoms with Gasteiger partial charge in [-0.05, 0) is 47.5 Å². The highest BCUT2D eigenvalue weighted by Gasteiger charge is 2.14. The van der Waals surface area contributed by atoms with E-state index in [0.29, 0.717) is 29.1 Å². The van der Waals surface area contributed by atoms with Crippen molar-refractivity contribution in [1.29, 1.82) is 0 Å². The third-order valence-electron chi connectivity index (χ3n) is 5.06. The van der Waals surface area contributed by atoms with Crippen molar-refractivity contribution < 1.29 is 13.9 Å². The number of carbonyl (C=O) groups is 1. The van der Waals surface area contributed by atoms with Crippen molar-refractivity contribution in [2.24, 2.45) is 0 Å². The number of hydrogen-bond acceptors (Lipinski definition) is 5. The van der Waals surface area contributed by atoms with E-state index in [1.165, 1.54) is 23.9 Å². The minimum Gasteiger partial charge on any atom is -0.497 e. The fourth-order valence-electron chi connectivity index (χ4n) is 3.29. The molecule has 0 unspecified atom stereocenters. The maximum Gasteiger partial charge on any atom is 0.262 e. The average molecular weight is 464 g/mol. The Balaban J connectivity index is 1.53. The zero-order valence-electron chi connectivity index (χ0n) is 18.0. The molecule has 6 nitrogen and oxygen atoms in total. The fraction of sp³-hybridized carbons (Fsp3) is 0.160. The number of nitrogens with one attached hydrogen (secondary N) is 1. The molecule has 1 heterocycles. The molecule has 8 heteroatoms. The van der Waals surface area contributed by atoms with Gasteiger partial charge in [0.15, 0.2) is 5.16 Å². The van der Waals surface area contributed by atoms with Gasteiger partial charge in [-0.3, -0.25) is 14.2 Å². The average Bonchev–Trinajstić information content (AvgIpc) is 2.85. The second-order valence-electron chi connectivity index (χ2n) is 7.34. The lowest BCUT2D eigenvalue weighted by atomic mass is 10.2. The number of nitrogens with zero attached hydrogens (tertiary/aromatic N) is 2. The first-order valence-corrected chi connectivity index (χ1v) is 11.3. The Kier molecular flexibility index (Phi) is 7.04. The number of carbonyl (C=O) groups excluding carboxylic acids is 1. The number of para-hydroxylation sites is 1. The second-order valence-corrected chi connectivity index (χ2v) is 8.29. The number of hydrogen-bond donors (Lipinski definition) is 1. The molecule has 0 aliphatic carbocycles. The predicted molar refractivity (Wildman–Crippen MR) is 127 cm³/mol. The molecule has 1 N–H and O–H groups in total. The zero-order valence-corrected chi connectivity index (χ0v) is 18.8. The molecule has 1 amide bonds. The molecule has 3 aromatic carbocycles. The molecule has 0 saturated heterocycles. The number of thioether (sulfide) groups is 1. The number of methoxy groups -OCH3 is 1. The van der Waals surface area contributed by atoms with Gasteiger partial charge in [0.1, 0.15) is 11.6 Å². The summed E-state index contributed by atoms with van der Waals surface area (Å²) in [5, 5.41) is 3.80. The van der Waals surface area contributed by atoms with Gasteiger partial charge in [-0.1, -0.05) is 48.2 Å². The van der Waals surface area contributed by atoms with Crippen molar-refractivity contribution in [3.05, 3.63) is 100 Å². The van der Waals surface area contributed by atoms with E-state index in [4.69, 9.17) is 4.74 Å². The molecule has 0 bridgehead atoms. The molecule has 4 aromatic rings. The molecule has 33 heavy (non-hydrogen) atoms. The van der Waals surface area contributed by atoms with Crippen LogP contribution in [0.2, 0.25) is 0 Å². The molecule has 0 atom stereocenters. The number of halogens is 1. The minimum atomic E-state index is -0.321. The van der Waals surface area contributed by atoms with Crippen LogP contribution in [0.3, 0.4) is 0 Å². The van der Waals surface area contributed by atoms with E-state index in [1.54, 1.807) is 42.0 Å². The maximum atomic E-state index is 13.2. The van der Waals surface area contributed by atoms with E-state index < -0.39 is 0 Å². The number of fused-ring (bicyclic) bond motifs is 1. The Morgan fingerprint density at radius 2 is 1.73 bits per heavy atom. The smallest absolute Gasteiger partial charge is 0.262 e. The molecule has 0 fully saturated rings. The van der Waals surface area contributed by atoms with Gasteiger partial charge in [-0.2, -0.15) is 0 Å². The highest BCUT2D eigenvalue weighted by molar-refractivity contribution is 7.99. The minimum absolute atomic E-state index is 0.0919. The summed E-state index contributed by atoms with van der Waals surface area (Å²) in [5.41, 5.74) is 2.14. The van der Waals surface area contributed by atoms with Crippen LogP contribution < -0.4 is 15.6 Å². The molecule has 168 valence electrons. The summed E-state index contributed by atoms with van der Waals surface area (Å²) >= 11 is 1.20. The molecule has 0 aliphatic rings. The Morgan fingerprint density at radius 3 is 2.45 bits per heavy atom. The van der Waals surface area contributed by atoms with Crippen molar-refractivity contribution in [1.82, 2.24) is 14.9 Å². The van der Waals surface area contributed by atoms with Crippen molar-refractivity contribution in [3.8, 4) is 5.75 Å². The van der Waals surface area contributed by atoms with Gasteiger partial charge in [-0.15, -0.1) is 0 Å². The van der Waals surface area contributed by atoms with Gasteiger partial charge < -0.3 is 10.1 Å². The van der Waals surface area contributed by atoms with Crippen molar-refractivity contribution >= 4 is 28.6 Å². The van der Waals surface area contributed by atoms with Crippen LogP contribution in [-0.4, -0.2) is 28.3 Å². The topological polar surface area (TPSA) is 73.2 Å². The Bertz CT molecular complexity index is 1320. The lowest BCUT2D eigenvalue weighted by molar-refractivity contribution is -0.118. The first-order chi connectivity index (χ1) is 16.0. The normalized spacial score (nSPS) is 10.8. The zero-order chi connectivity index (χ0) is 23.2. The lowest BCUT2D eigenvalue weighted by Gasteiger charge is -2.13. The summed E-state index contributed by atoms with van der Waals surface area (Å²) in [7, 11) is 1.60. The summed E-state index contributed by atoms with van der Waals surface area (Å²) in [6.45, 7) is 0.615. The van der Waals surface area contributed by atoms with E-state index in [0.717, 1.165) is 16.9 Å². The van der Waals surface area contributed by atoms with Crippen LogP contribution in [0.4, 0.5) is 4.39 Å². The number of rotatable bonds is 8. The van der Waals surface area contributed by atoms with Crippen LogP contribution in [0, 0.1) is 5.82 Å². The molecule has 0 spiro atoms. The fourth-order valence-corrected chi connectivity index (χ4v) is 4.12. The van der Waals surface area contributed by atoms with E-state index in [-0.39, 0.29) is 23.0 Å². The largest absolute Gasteiger partial charge is 0.497 e. The van der Waals surface area contributed by atoms with Crippen LogP contribution >= 0.6 is 11.8 Å². The van der Waals surface area contributed by atoms with Gasteiger partial charge in [0.2, 0.25) is 5.91 Å². The quantitative estimate of drug-likeness (QED) is 0.316. The third-order valence-corrected chi connectivity index (χ3v) is 6.04. The summed E-state index contributed by atoms with van der Waals surface area (Å²) in [4.78, 5) is 30.3. The molecule has 0 radical (unpaired) electrons. The van der Waals surface area contributed by atoms with Gasteiger partial charge >= 0.3 is 0 Å². The number of amides is 1. The Hall–Kier alpha value is -3.65. The predicted octanol–water partition coefficient (Wildman–Crippen LogP) is 4.00. The van der Waals surface area contributed by atoms with Crippen LogP contribution in [-0.2, 0) is 17.9 Å². The first-order valence-electron chi connectivity index (χ1n) is 10.3. The van der Waals surface area contributed by atoms with Gasteiger partial charge in [0.05, 0.1) is 30.3 Å². The standard InChI is InChI=1S/C25H22FN3O3S/c1-32-20-12-8-18(9-13-20)15-29-24(31)21-4-2-3-5-22(21)28-25(29)33-16-23(30)27-14-17-6-10-19(26)11-7-17/h2-13H,14-16H2,1H3,(H,27,30). The van der Waals surface area contributed by atoms with Crippen LogP contribution in [0.15, 0.2) is 82.7 Å². The molecule has 0 aliphatic heterocycles. The van der Waals surface area contributed by atoms with Crippen molar-refractivity contribution in [3.63, 3.8) is 0 Å². The van der Waals surface area contributed by atoms with Crippen molar-refractivity contribution in [2.45, 2.75) is 18.2 Å². The van der Waals surface area contributed by atoms with Crippen molar-refractivity contribution in [2.75, 3.05) is 12.9 Å². The van der Waals surface area contributed by atoms with Crippen LogP contribution in [0.5, 0.6) is 5.75 Å². The lowest BCUT2D eigenvalue weighted by Crippen LogP contribution is -2.27. The number of ether oxygens (including phenoxy) is 1. The molecular weight excluding hydrogens is 441 g/mol. The van der Waals surface area contributed by atoms with Crippen LogP contribution in [0.25, 0.3) is 10.9 Å². The first kappa shape index (κ1) is 22.5. The molecular formula is C25H22FN3O3S. The number of aromatic nitrogens is 2. The van der Waals surface area contributed by atoms with Gasteiger partial charge in [0, 0.05) is 6.54 Å².